The van der Waals surface area contributed by atoms with E-state index in [2.05, 4.69) is 5.32 Å². The average Bonchev–Trinajstić information content (AvgIpc) is 2.85. The van der Waals surface area contributed by atoms with E-state index in [1.807, 2.05) is 6.92 Å². The number of hydrogen-bond acceptors (Lipinski definition) is 5. The number of nitrogens with zero attached hydrogens (tertiary/aromatic N) is 1. The third-order valence-electron chi connectivity index (χ3n) is 3.70. The molecule has 2 aliphatic heterocycles. The SMILES string of the molecule is Cc1cc2c(cc1S(=O)(=O)N1CCNCC1C)OCO2. The van der Waals surface area contributed by atoms with E-state index in [4.69, 9.17) is 9.47 Å². The molecule has 20 heavy (non-hydrogen) atoms. The van der Waals surface area contributed by atoms with Crippen molar-refractivity contribution in [2.24, 2.45) is 0 Å². The average molecular weight is 298 g/mol. The van der Waals surface area contributed by atoms with Gasteiger partial charge in [0.05, 0.1) is 4.90 Å². The molecule has 2 heterocycles. The van der Waals surface area contributed by atoms with Crippen LogP contribution in [0, 0.1) is 6.92 Å². The number of aryl methyl sites for hydroxylation is 1. The number of nitrogens with one attached hydrogen (secondary N) is 1. The summed E-state index contributed by atoms with van der Waals surface area (Å²) < 4.78 is 37.7. The molecule has 0 aromatic heterocycles. The van der Waals surface area contributed by atoms with Gasteiger partial charge in [0.2, 0.25) is 16.8 Å². The summed E-state index contributed by atoms with van der Waals surface area (Å²) in [6.07, 6.45) is 0. The Bertz CT molecular complexity index is 630. The summed E-state index contributed by atoms with van der Waals surface area (Å²) in [6.45, 7) is 5.66. The van der Waals surface area contributed by atoms with E-state index in [9.17, 15) is 8.42 Å². The molecule has 1 N–H and O–H groups in total. The van der Waals surface area contributed by atoms with Crippen molar-refractivity contribution in [3.05, 3.63) is 17.7 Å². The van der Waals surface area contributed by atoms with Crippen LogP contribution in [-0.4, -0.2) is 45.2 Å². The van der Waals surface area contributed by atoms with E-state index in [0.29, 0.717) is 41.6 Å². The second kappa shape index (κ2) is 4.91. The van der Waals surface area contributed by atoms with Crippen molar-refractivity contribution in [3.63, 3.8) is 0 Å². The van der Waals surface area contributed by atoms with Crippen LogP contribution in [0.3, 0.4) is 0 Å². The van der Waals surface area contributed by atoms with Gasteiger partial charge in [0.25, 0.3) is 0 Å². The Labute approximate surface area is 118 Å². The van der Waals surface area contributed by atoms with Crippen LogP contribution in [0.4, 0.5) is 0 Å². The maximum Gasteiger partial charge on any atom is 0.243 e. The van der Waals surface area contributed by atoms with Crippen LogP contribution in [0.25, 0.3) is 0 Å². The lowest BCUT2D eigenvalue weighted by Crippen LogP contribution is -2.52. The molecule has 0 spiro atoms. The number of ether oxygens (including phenoxy) is 2. The van der Waals surface area contributed by atoms with Gasteiger partial charge < -0.3 is 14.8 Å². The van der Waals surface area contributed by atoms with E-state index in [1.54, 1.807) is 23.4 Å². The number of fused-ring (bicyclic) bond motifs is 1. The minimum Gasteiger partial charge on any atom is -0.454 e. The normalized spacial score (nSPS) is 23.0. The first-order valence-corrected chi connectivity index (χ1v) is 8.07. The summed E-state index contributed by atoms with van der Waals surface area (Å²) in [5, 5.41) is 3.19. The topological polar surface area (TPSA) is 67.9 Å². The zero-order valence-electron chi connectivity index (χ0n) is 11.5. The first-order valence-electron chi connectivity index (χ1n) is 6.63. The highest BCUT2D eigenvalue weighted by atomic mass is 32.2. The van der Waals surface area contributed by atoms with Gasteiger partial charge in [-0.2, -0.15) is 4.31 Å². The van der Waals surface area contributed by atoms with Crippen LogP contribution in [0.5, 0.6) is 11.5 Å². The predicted octanol–water partition coefficient (Wildman–Crippen LogP) is 0.706. The molecule has 0 saturated carbocycles. The van der Waals surface area contributed by atoms with Crippen LogP contribution in [0.1, 0.15) is 12.5 Å². The molecule has 0 amide bonds. The highest BCUT2D eigenvalue weighted by Gasteiger charge is 2.33. The minimum absolute atomic E-state index is 0.0569. The van der Waals surface area contributed by atoms with E-state index in [0.717, 1.165) is 0 Å². The van der Waals surface area contributed by atoms with Crippen LogP contribution in [0.2, 0.25) is 0 Å². The molecule has 0 radical (unpaired) electrons. The largest absolute Gasteiger partial charge is 0.454 e. The molecule has 1 fully saturated rings. The maximum absolute atomic E-state index is 12.8. The molecule has 1 atom stereocenters. The Kier molecular flexibility index (Phi) is 3.35. The number of hydrogen-bond donors (Lipinski definition) is 1. The van der Waals surface area contributed by atoms with Gasteiger partial charge in [-0.1, -0.05) is 0 Å². The second-order valence-corrected chi connectivity index (χ2v) is 7.00. The summed E-state index contributed by atoms with van der Waals surface area (Å²) in [5.74, 6) is 1.10. The second-order valence-electron chi connectivity index (χ2n) is 5.14. The zero-order valence-corrected chi connectivity index (χ0v) is 12.4. The lowest BCUT2D eigenvalue weighted by molar-refractivity contribution is 0.174. The summed E-state index contributed by atoms with van der Waals surface area (Å²) in [7, 11) is -3.51. The highest BCUT2D eigenvalue weighted by molar-refractivity contribution is 7.89. The van der Waals surface area contributed by atoms with Gasteiger partial charge in [-0.05, 0) is 25.5 Å². The van der Waals surface area contributed by atoms with E-state index < -0.39 is 10.0 Å². The molecule has 3 rings (SSSR count). The quantitative estimate of drug-likeness (QED) is 0.871. The Morgan fingerprint density at radius 2 is 2.00 bits per heavy atom. The lowest BCUT2D eigenvalue weighted by atomic mass is 10.2. The molecular formula is C13H18N2O4S. The van der Waals surface area contributed by atoms with E-state index >= 15 is 0 Å². The number of piperazine rings is 1. The monoisotopic (exact) mass is 298 g/mol. The third-order valence-corrected chi connectivity index (χ3v) is 5.85. The minimum atomic E-state index is -3.51. The van der Waals surface area contributed by atoms with Crippen molar-refractivity contribution in [1.29, 1.82) is 0 Å². The van der Waals surface area contributed by atoms with Gasteiger partial charge in [-0.3, -0.25) is 0 Å². The predicted molar refractivity (Wildman–Crippen MR) is 73.5 cm³/mol. The number of sulfonamides is 1. The summed E-state index contributed by atoms with van der Waals surface area (Å²) in [5.41, 5.74) is 0.681. The van der Waals surface area contributed by atoms with E-state index in [-0.39, 0.29) is 12.8 Å². The molecule has 6 nitrogen and oxygen atoms in total. The Balaban J connectivity index is 2.03. The molecule has 7 heteroatoms. The fraction of sp³-hybridized carbons (Fsp3) is 0.538. The van der Waals surface area contributed by atoms with E-state index in [1.165, 1.54) is 0 Å². The molecule has 1 aromatic rings. The van der Waals surface area contributed by atoms with Crippen LogP contribution < -0.4 is 14.8 Å². The van der Waals surface area contributed by atoms with Crippen LogP contribution in [0.15, 0.2) is 17.0 Å². The molecule has 2 aliphatic rings. The number of rotatable bonds is 2. The van der Waals surface area contributed by atoms with Gasteiger partial charge in [0.15, 0.2) is 11.5 Å². The van der Waals surface area contributed by atoms with Gasteiger partial charge in [-0.25, -0.2) is 8.42 Å². The third kappa shape index (κ3) is 2.15. The Hall–Kier alpha value is -1.31. The fourth-order valence-electron chi connectivity index (χ4n) is 2.61. The molecule has 1 aromatic carbocycles. The van der Waals surface area contributed by atoms with Crippen LogP contribution >= 0.6 is 0 Å². The Morgan fingerprint density at radius 3 is 2.70 bits per heavy atom. The van der Waals surface area contributed by atoms with Crippen molar-refractivity contribution < 1.29 is 17.9 Å². The van der Waals surface area contributed by atoms with Crippen molar-refractivity contribution in [3.8, 4) is 11.5 Å². The first-order chi connectivity index (χ1) is 9.50. The molecular weight excluding hydrogens is 280 g/mol. The van der Waals surface area contributed by atoms with Gasteiger partial charge >= 0.3 is 0 Å². The standard InChI is InChI=1S/C13H18N2O4S/c1-9-5-11-12(19-8-18-11)6-13(9)20(16,17)15-4-3-14-7-10(15)2/h5-6,10,14H,3-4,7-8H2,1-2H3. The summed E-state index contributed by atoms with van der Waals surface area (Å²) in [4.78, 5) is 0.301. The summed E-state index contributed by atoms with van der Waals surface area (Å²) in [6, 6.07) is 3.24. The van der Waals surface area contributed by atoms with Gasteiger partial charge in [0.1, 0.15) is 0 Å². The number of benzene rings is 1. The molecule has 110 valence electrons. The highest BCUT2D eigenvalue weighted by Crippen LogP contribution is 2.37. The molecule has 0 bridgehead atoms. The van der Waals surface area contributed by atoms with Crippen LogP contribution in [-0.2, 0) is 10.0 Å². The molecule has 0 aliphatic carbocycles. The van der Waals surface area contributed by atoms with Crippen molar-refractivity contribution in [2.75, 3.05) is 26.4 Å². The Morgan fingerprint density at radius 1 is 1.30 bits per heavy atom. The van der Waals surface area contributed by atoms with Gasteiger partial charge in [-0.15, -0.1) is 0 Å². The summed E-state index contributed by atoms with van der Waals surface area (Å²) >= 11 is 0. The zero-order chi connectivity index (χ0) is 14.3. The van der Waals surface area contributed by atoms with Crippen molar-refractivity contribution in [1.82, 2.24) is 9.62 Å². The van der Waals surface area contributed by atoms with Crippen molar-refractivity contribution >= 4 is 10.0 Å². The van der Waals surface area contributed by atoms with Gasteiger partial charge in [0, 0.05) is 31.7 Å². The maximum atomic E-state index is 12.8. The smallest absolute Gasteiger partial charge is 0.243 e. The van der Waals surface area contributed by atoms with Crippen molar-refractivity contribution in [2.45, 2.75) is 24.8 Å². The first kappa shape index (κ1) is 13.7. The fourth-order valence-corrected chi connectivity index (χ4v) is 4.46. The molecule has 1 saturated heterocycles. The lowest BCUT2D eigenvalue weighted by Gasteiger charge is -2.33. The molecule has 1 unspecified atom stereocenters.